The number of halogens is 2. The molecule has 0 saturated carbocycles. The average molecular weight is 388 g/mol. The summed E-state index contributed by atoms with van der Waals surface area (Å²) in [6.45, 7) is 1.34. The number of nitrogens with two attached hydrogens (primary N) is 1. The minimum atomic E-state index is -0.530. The van der Waals surface area contributed by atoms with E-state index in [4.69, 9.17) is 22.1 Å². The number of carbonyl (C=O) groups excluding carboxylic acids is 1. The smallest absolute Gasteiger partial charge is 0.243 e. The molecule has 1 unspecified atom stereocenters. The van der Waals surface area contributed by atoms with Crippen LogP contribution in [0, 0.1) is 5.92 Å². The molecule has 0 spiro atoms. The summed E-state index contributed by atoms with van der Waals surface area (Å²) >= 11 is 7.37. The highest BCUT2D eigenvalue weighted by Gasteiger charge is 2.27. The Hall–Kier alpha value is -1.18. The normalized spacial score (nSPS) is 16.2. The summed E-state index contributed by atoms with van der Waals surface area (Å²) < 4.78 is 5.30. The number of anilines is 1. The second kappa shape index (κ2) is 8.78. The maximum atomic E-state index is 12.3. The van der Waals surface area contributed by atoms with Gasteiger partial charge in [0, 0.05) is 29.2 Å². The van der Waals surface area contributed by atoms with Crippen LogP contribution in [0.25, 0.3) is 11.3 Å². The van der Waals surface area contributed by atoms with Crippen molar-refractivity contribution in [3.8, 4) is 11.3 Å². The number of amides is 1. The molecule has 1 aromatic carbocycles. The number of carbonyl (C=O) groups is 1. The summed E-state index contributed by atoms with van der Waals surface area (Å²) in [7, 11) is 0. The van der Waals surface area contributed by atoms with Gasteiger partial charge in [-0.2, -0.15) is 0 Å². The van der Waals surface area contributed by atoms with E-state index in [2.05, 4.69) is 10.3 Å². The van der Waals surface area contributed by atoms with Gasteiger partial charge in [0.05, 0.1) is 11.7 Å². The maximum absolute atomic E-state index is 12.3. The van der Waals surface area contributed by atoms with Crippen molar-refractivity contribution in [1.82, 2.24) is 4.98 Å². The number of aromatic nitrogens is 1. The fourth-order valence-electron chi connectivity index (χ4n) is 2.59. The van der Waals surface area contributed by atoms with Crippen LogP contribution in [0.4, 0.5) is 5.13 Å². The Labute approximate surface area is 156 Å². The Bertz CT molecular complexity index is 689. The van der Waals surface area contributed by atoms with E-state index in [1.54, 1.807) is 0 Å². The van der Waals surface area contributed by atoms with E-state index in [1.165, 1.54) is 11.3 Å². The first-order chi connectivity index (χ1) is 11.1. The molecule has 0 radical (unpaired) electrons. The zero-order chi connectivity index (χ0) is 16.2. The van der Waals surface area contributed by atoms with Gasteiger partial charge in [-0.1, -0.05) is 23.7 Å². The highest BCUT2D eigenvalue weighted by Crippen LogP contribution is 2.27. The quantitative estimate of drug-likeness (QED) is 0.840. The molecule has 0 aliphatic carbocycles. The number of thiazole rings is 1. The number of nitrogens with one attached hydrogen (secondary N) is 1. The van der Waals surface area contributed by atoms with E-state index in [1.807, 2.05) is 29.6 Å². The topological polar surface area (TPSA) is 77.2 Å². The molecule has 2 aromatic rings. The zero-order valence-corrected chi connectivity index (χ0v) is 15.3. The predicted molar refractivity (Wildman–Crippen MR) is 100.0 cm³/mol. The van der Waals surface area contributed by atoms with Crippen molar-refractivity contribution < 1.29 is 9.53 Å². The second-order valence-electron chi connectivity index (χ2n) is 5.51. The van der Waals surface area contributed by atoms with Gasteiger partial charge in [0.15, 0.2) is 5.13 Å². The number of ether oxygens (including phenoxy) is 1. The molecule has 1 aromatic heterocycles. The molecule has 24 heavy (non-hydrogen) atoms. The van der Waals surface area contributed by atoms with Crippen molar-refractivity contribution in [2.75, 3.05) is 18.5 Å². The van der Waals surface area contributed by atoms with E-state index in [0.717, 1.165) is 24.1 Å². The van der Waals surface area contributed by atoms with Crippen LogP contribution >= 0.6 is 35.3 Å². The second-order valence-corrected chi connectivity index (χ2v) is 6.81. The van der Waals surface area contributed by atoms with Crippen LogP contribution in [0.5, 0.6) is 0 Å². The highest BCUT2D eigenvalue weighted by molar-refractivity contribution is 7.14. The van der Waals surface area contributed by atoms with Gasteiger partial charge in [-0.25, -0.2) is 4.98 Å². The first-order valence-electron chi connectivity index (χ1n) is 7.49. The van der Waals surface area contributed by atoms with E-state index in [-0.39, 0.29) is 24.2 Å². The van der Waals surface area contributed by atoms with E-state index in [0.29, 0.717) is 23.4 Å². The molecule has 5 nitrogen and oxygen atoms in total. The first-order valence-corrected chi connectivity index (χ1v) is 8.75. The van der Waals surface area contributed by atoms with E-state index in [9.17, 15) is 4.79 Å². The molecular formula is C16H19Cl2N3O2S. The lowest BCUT2D eigenvalue weighted by Gasteiger charge is -2.26. The van der Waals surface area contributed by atoms with Crippen molar-refractivity contribution >= 4 is 46.4 Å². The van der Waals surface area contributed by atoms with E-state index < -0.39 is 6.04 Å². The minimum Gasteiger partial charge on any atom is -0.381 e. The van der Waals surface area contributed by atoms with Crippen LogP contribution in [0.3, 0.4) is 0 Å². The van der Waals surface area contributed by atoms with Crippen molar-refractivity contribution in [3.63, 3.8) is 0 Å². The third kappa shape index (κ3) is 4.68. The lowest BCUT2D eigenvalue weighted by molar-refractivity contribution is -0.119. The molecule has 0 bridgehead atoms. The average Bonchev–Trinajstić information content (AvgIpc) is 3.03. The molecule has 130 valence electrons. The number of hydrogen-bond donors (Lipinski definition) is 2. The molecule has 3 N–H and O–H groups in total. The van der Waals surface area contributed by atoms with Gasteiger partial charge >= 0.3 is 0 Å². The molecule has 1 aliphatic rings. The lowest BCUT2D eigenvalue weighted by atomic mass is 9.92. The number of benzene rings is 1. The summed E-state index contributed by atoms with van der Waals surface area (Å²) in [5.41, 5.74) is 7.77. The number of rotatable bonds is 4. The van der Waals surface area contributed by atoms with Crippen LogP contribution in [0.1, 0.15) is 12.8 Å². The van der Waals surface area contributed by atoms with Crippen molar-refractivity contribution in [3.05, 3.63) is 34.7 Å². The van der Waals surface area contributed by atoms with Gasteiger partial charge in [-0.15, -0.1) is 23.7 Å². The Kier molecular flexibility index (Phi) is 7.01. The van der Waals surface area contributed by atoms with Crippen LogP contribution in [-0.2, 0) is 9.53 Å². The summed E-state index contributed by atoms with van der Waals surface area (Å²) in [5, 5.41) is 5.91. The van der Waals surface area contributed by atoms with Gasteiger partial charge in [0.25, 0.3) is 0 Å². The number of nitrogens with zero attached hydrogens (tertiary/aromatic N) is 1. The lowest BCUT2D eigenvalue weighted by Crippen LogP contribution is -2.43. The standard InChI is InChI=1S/C16H18ClN3O2S.ClH/c17-12-3-1-2-11(8-12)13-9-23-16(19-13)20-15(21)14(18)10-4-6-22-7-5-10;/h1-3,8-10,14H,4-7,18H2,(H,19,20,21);1H. The Balaban J connectivity index is 0.00000208. The van der Waals surface area contributed by atoms with Crippen molar-refractivity contribution in [2.24, 2.45) is 11.7 Å². The van der Waals surface area contributed by atoms with Crippen LogP contribution < -0.4 is 11.1 Å². The SMILES string of the molecule is Cl.NC(C(=O)Nc1nc(-c2cccc(Cl)c2)cs1)C1CCOCC1. The minimum absolute atomic E-state index is 0. The zero-order valence-electron chi connectivity index (χ0n) is 12.9. The van der Waals surface area contributed by atoms with Gasteiger partial charge in [0.1, 0.15) is 0 Å². The molecule has 1 saturated heterocycles. The van der Waals surface area contributed by atoms with Crippen molar-refractivity contribution in [1.29, 1.82) is 0 Å². The summed E-state index contributed by atoms with van der Waals surface area (Å²) in [5.74, 6) is -0.0278. The van der Waals surface area contributed by atoms with Gasteiger partial charge in [-0.05, 0) is 30.9 Å². The van der Waals surface area contributed by atoms with Gasteiger partial charge in [-0.3, -0.25) is 4.79 Å². The van der Waals surface area contributed by atoms with E-state index >= 15 is 0 Å². The largest absolute Gasteiger partial charge is 0.381 e. The molecule has 8 heteroatoms. The van der Waals surface area contributed by atoms with Crippen LogP contribution in [-0.4, -0.2) is 30.1 Å². The predicted octanol–water partition coefficient (Wildman–Crippen LogP) is 3.58. The van der Waals surface area contributed by atoms with Gasteiger partial charge in [0.2, 0.25) is 5.91 Å². The third-order valence-corrected chi connectivity index (χ3v) is 4.92. The van der Waals surface area contributed by atoms with Crippen molar-refractivity contribution in [2.45, 2.75) is 18.9 Å². The van der Waals surface area contributed by atoms with Gasteiger partial charge < -0.3 is 15.8 Å². The fourth-order valence-corrected chi connectivity index (χ4v) is 3.50. The summed E-state index contributed by atoms with van der Waals surface area (Å²) in [6.07, 6.45) is 1.64. The fraction of sp³-hybridized carbons (Fsp3) is 0.375. The molecule has 1 aliphatic heterocycles. The Morgan fingerprint density at radius 2 is 2.17 bits per heavy atom. The molecule has 1 fully saturated rings. The summed E-state index contributed by atoms with van der Waals surface area (Å²) in [6, 6.07) is 6.93. The highest BCUT2D eigenvalue weighted by atomic mass is 35.5. The third-order valence-electron chi connectivity index (χ3n) is 3.93. The number of hydrogen-bond acceptors (Lipinski definition) is 5. The molecule has 1 atom stereocenters. The first kappa shape index (κ1) is 19.1. The van der Waals surface area contributed by atoms with Crippen LogP contribution in [0.2, 0.25) is 5.02 Å². The Morgan fingerprint density at radius 1 is 1.42 bits per heavy atom. The molecule has 2 heterocycles. The Morgan fingerprint density at radius 3 is 2.88 bits per heavy atom. The molecule has 1 amide bonds. The molecular weight excluding hydrogens is 369 g/mol. The molecule has 3 rings (SSSR count). The summed E-state index contributed by atoms with van der Waals surface area (Å²) in [4.78, 5) is 16.7. The monoisotopic (exact) mass is 387 g/mol. The maximum Gasteiger partial charge on any atom is 0.243 e. The van der Waals surface area contributed by atoms with Crippen LogP contribution in [0.15, 0.2) is 29.6 Å².